The minimum atomic E-state index is -0.563. The zero-order chi connectivity index (χ0) is 16.3. The van der Waals surface area contributed by atoms with Gasteiger partial charge in [-0.15, -0.1) is 11.8 Å². The summed E-state index contributed by atoms with van der Waals surface area (Å²) in [5, 5.41) is 1.70. The summed E-state index contributed by atoms with van der Waals surface area (Å²) in [4.78, 5) is 23.5. The molecule has 0 saturated heterocycles. The number of ether oxygens (including phenoxy) is 2. The maximum atomic E-state index is 11.6. The van der Waals surface area contributed by atoms with Crippen molar-refractivity contribution in [2.24, 2.45) is 0 Å². The molecule has 0 radical (unpaired) electrons. The van der Waals surface area contributed by atoms with Crippen LogP contribution in [0, 0.1) is 0 Å². The molecule has 0 aliphatic rings. The highest BCUT2D eigenvalue weighted by Crippen LogP contribution is 2.42. The Morgan fingerprint density at radius 1 is 1.23 bits per heavy atom. The predicted molar refractivity (Wildman–Crippen MR) is 87.9 cm³/mol. The second-order valence-electron chi connectivity index (χ2n) is 4.31. The van der Waals surface area contributed by atoms with Gasteiger partial charge in [0.15, 0.2) is 5.75 Å². The number of hydrogen-bond donors (Lipinski definition) is 0. The third kappa shape index (κ3) is 3.43. The zero-order valence-corrected chi connectivity index (χ0v) is 13.6. The molecule has 0 spiro atoms. The first kappa shape index (κ1) is 16.4. The van der Waals surface area contributed by atoms with Gasteiger partial charge in [0.1, 0.15) is 5.75 Å². The lowest BCUT2D eigenvalue weighted by atomic mass is 10.1. The van der Waals surface area contributed by atoms with Crippen LogP contribution >= 0.6 is 23.4 Å². The minimum Gasteiger partial charge on any atom is -0.426 e. The van der Waals surface area contributed by atoms with Gasteiger partial charge in [-0.05, 0) is 30.5 Å². The number of benzene rings is 2. The van der Waals surface area contributed by atoms with E-state index >= 15 is 0 Å². The molecular formula is C16H13ClO4S. The highest BCUT2D eigenvalue weighted by molar-refractivity contribution is 7.98. The molecule has 0 aromatic heterocycles. The number of thioether (sulfide) groups is 1. The molecular weight excluding hydrogens is 324 g/mol. The Bertz CT molecular complexity index is 770. The summed E-state index contributed by atoms with van der Waals surface area (Å²) in [5.74, 6) is -0.247. The normalized spacial score (nSPS) is 10.3. The molecule has 0 N–H and O–H groups in total. The lowest BCUT2D eigenvalue weighted by molar-refractivity contribution is -0.132. The van der Waals surface area contributed by atoms with E-state index in [-0.39, 0.29) is 0 Å². The van der Waals surface area contributed by atoms with Crippen LogP contribution in [0.15, 0.2) is 41.8 Å². The average Bonchev–Trinajstić information content (AvgIpc) is 2.48. The molecule has 0 aliphatic heterocycles. The number of halogens is 1. The van der Waals surface area contributed by atoms with Crippen molar-refractivity contribution in [2.45, 2.75) is 11.8 Å². The highest BCUT2D eigenvalue weighted by Gasteiger charge is 2.17. The van der Waals surface area contributed by atoms with Gasteiger partial charge in [-0.3, -0.25) is 4.79 Å². The van der Waals surface area contributed by atoms with Gasteiger partial charge >= 0.3 is 11.9 Å². The minimum absolute atomic E-state index is 0.368. The maximum absolute atomic E-state index is 11.6. The smallest absolute Gasteiger partial charge is 0.335 e. The Kier molecular flexibility index (Phi) is 5.11. The van der Waals surface area contributed by atoms with Crippen LogP contribution in [0.2, 0.25) is 5.02 Å². The van der Waals surface area contributed by atoms with Crippen LogP contribution in [0.5, 0.6) is 11.5 Å². The van der Waals surface area contributed by atoms with Crippen LogP contribution in [0.4, 0.5) is 0 Å². The third-order valence-corrected chi connectivity index (χ3v) is 3.80. The SMILES string of the molecule is C=CC(=O)Oc1c(SC)cc(OC(C)=O)c2cc(Cl)ccc12. The van der Waals surface area contributed by atoms with E-state index in [9.17, 15) is 9.59 Å². The van der Waals surface area contributed by atoms with Crippen LogP contribution in [0.3, 0.4) is 0 Å². The molecule has 0 amide bonds. The summed E-state index contributed by atoms with van der Waals surface area (Å²) in [6, 6.07) is 6.70. The second kappa shape index (κ2) is 6.85. The molecule has 0 bridgehead atoms. The fourth-order valence-electron chi connectivity index (χ4n) is 1.95. The van der Waals surface area contributed by atoms with Crippen molar-refractivity contribution < 1.29 is 19.1 Å². The summed E-state index contributed by atoms with van der Waals surface area (Å²) >= 11 is 7.39. The first-order valence-corrected chi connectivity index (χ1v) is 7.89. The van der Waals surface area contributed by atoms with Crippen LogP contribution in [-0.4, -0.2) is 18.2 Å². The van der Waals surface area contributed by atoms with E-state index in [0.717, 1.165) is 6.08 Å². The molecule has 4 nitrogen and oxygen atoms in total. The van der Waals surface area contributed by atoms with Crippen molar-refractivity contribution in [3.8, 4) is 11.5 Å². The predicted octanol–water partition coefficient (Wildman–Crippen LogP) is 4.23. The van der Waals surface area contributed by atoms with Crippen molar-refractivity contribution >= 4 is 46.1 Å². The third-order valence-electron chi connectivity index (χ3n) is 2.82. The number of hydrogen-bond acceptors (Lipinski definition) is 5. The molecule has 6 heteroatoms. The Hall–Kier alpha value is -1.98. The van der Waals surface area contributed by atoms with E-state index in [0.29, 0.717) is 32.2 Å². The molecule has 2 aromatic rings. The topological polar surface area (TPSA) is 52.6 Å². The van der Waals surface area contributed by atoms with Crippen molar-refractivity contribution in [2.75, 3.05) is 6.26 Å². The Balaban J connectivity index is 2.75. The monoisotopic (exact) mass is 336 g/mol. The quantitative estimate of drug-likeness (QED) is 0.362. The maximum Gasteiger partial charge on any atom is 0.335 e. The summed E-state index contributed by atoms with van der Waals surface area (Å²) < 4.78 is 10.6. The van der Waals surface area contributed by atoms with E-state index in [1.807, 2.05) is 6.26 Å². The van der Waals surface area contributed by atoms with Crippen LogP contribution in [0.25, 0.3) is 10.8 Å². The van der Waals surface area contributed by atoms with Gasteiger partial charge in [-0.25, -0.2) is 4.79 Å². The Labute approximate surface area is 137 Å². The fraction of sp³-hybridized carbons (Fsp3) is 0.125. The molecule has 22 heavy (non-hydrogen) atoms. The lowest BCUT2D eigenvalue weighted by Crippen LogP contribution is -2.06. The summed E-state index contributed by atoms with van der Waals surface area (Å²) in [6.45, 7) is 4.71. The standard InChI is InChI=1S/C16H13ClO4S/c1-4-15(19)21-16-11-6-5-10(17)7-12(11)13(20-9(2)18)8-14(16)22-3/h4-8H,1H2,2-3H3. The Morgan fingerprint density at radius 2 is 1.95 bits per heavy atom. The Morgan fingerprint density at radius 3 is 2.55 bits per heavy atom. The van der Waals surface area contributed by atoms with E-state index in [4.69, 9.17) is 21.1 Å². The van der Waals surface area contributed by atoms with Crippen LogP contribution in [-0.2, 0) is 9.59 Å². The first-order valence-electron chi connectivity index (χ1n) is 6.29. The molecule has 2 aromatic carbocycles. The summed E-state index contributed by atoms with van der Waals surface area (Å²) in [7, 11) is 0. The average molecular weight is 337 g/mol. The van der Waals surface area contributed by atoms with Gasteiger partial charge in [-0.2, -0.15) is 0 Å². The fourth-order valence-corrected chi connectivity index (χ4v) is 2.69. The number of carbonyl (C=O) groups is 2. The van der Waals surface area contributed by atoms with E-state index in [1.54, 1.807) is 24.3 Å². The van der Waals surface area contributed by atoms with E-state index < -0.39 is 11.9 Å². The van der Waals surface area contributed by atoms with Gasteiger partial charge in [0, 0.05) is 28.8 Å². The first-order chi connectivity index (χ1) is 10.5. The largest absolute Gasteiger partial charge is 0.426 e. The van der Waals surface area contributed by atoms with Crippen LogP contribution < -0.4 is 9.47 Å². The number of rotatable bonds is 4. The van der Waals surface area contributed by atoms with Crippen molar-refractivity contribution in [3.05, 3.63) is 41.9 Å². The second-order valence-corrected chi connectivity index (χ2v) is 5.60. The molecule has 0 heterocycles. The van der Waals surface area contributed by atoms with Gasteiger partial charge in [0.2, 0.25) is 0 Å². The summed E-state index contributed by atoms with van der Waals surface area (Å²) in [5.41, 5.74) is 0. The summed E-state index contributed by atoms with van der Waals surface area (Å²) in [6.07, 6.45) is 2.92. The van der Waals surface area contributed by atoms with Gasteiger partial charge in [-0.1, -0.05) is 18.2 Å². The molecule has 114 valence electrons. The zero-order valence-electron chi connectivity index (χ0n) is 12.0. The number of fused-ring (bicyclic) bond motifs is 1. The van der Waals surface area contributed by atoms with E-state index in [2.05, 4.69) is 6.58 Å². The lowest BCUT2D eigenvalue weighted by Gasteiger charge is -2.14. The molecule has 0 aliphatic carbocycles. The molecule has 0 unspecified atom stereocenters. The van der Waals surface area contributed by atoms with Crippen molar-refractivity contribution in [3.63, 3.8) is 0 Å². The molecule has 0 fully saturated rings. The van der Waals surface area contributed by atoms with E-state index in [1.165, 1.54) is 18.7 Å². The molecule has 2 rings (SSSR count). The van der Waals surface area contributed by atoms with Gasteiger partial charge in [0.25, 0.3) is 0 Å². The highest BCUT2D eigenvalue weighted by atomic mass is 35.5. The van der Waals surface area contributed by atoms with Crippen molar-refractivity contribution in [1.82, 2.24) is 0 Å². The van der Waals surface area contributed by atoms with Crippen LogP contribution in [0.1, 0.15) is 6.92 Å². The number of esters is 2. The van der Waals surface area contributed by atoms with Crippen molar-refractivity contribution in [1.29, 1.82) is 0 Å². The number of carbonyl (C=O) groups excluding carboxylic acids is 2. The molecule has 0 atom stereocenters. The molecule has 0 saturated carbocycles. The van der Waals surface area contributed by atoms with Gasteiger partial charge in [0.05, 0.1) is 4.90 Å². The van der Waals surface area contributed by atoms with Gasteiger partial charge < -0.3 is 9.47 Å².